The van der Waals surface area contributed by atoms with E-state index in [4.69, 9.17) is 5.11 Å². The Morgan fingerprint density at radius 2 is 1.83 bits per heavy atom. The Hall–Kier alpha value is -2.80. The van der Waals surface area contributed by atoms with Gasteiger partial charge in [-0.25, -0.2) is 4.79 Å². The van der Waals surface area contributed by atoms with Gasteiger partial charge in [0.05, 0.1) is 15.1 Å². The molecule has 0 fully saturated rings. The highest BCUT2D eigenvalue weighted by Crippen LogP contribution is 2.25. The molecule has 0 spiro atoms. The Bertz CT molecular complexity index is 798. The fourth-order valence-electron chi connectivity index (χ4n) is 1.74. The number of hydrogen-bond donors (Lipinski definition) is 1. The van der Waals surface area contributed by atoms with Crippen LogP contribution in [-0.4, -0.2) is 22.2 Å². The molecule has 1 N–H and O–H groups in total. The molecule has 0 saturated carbocycles. The van der Waals surface area contributed by atoms with E-state index in [1.54, 1.807) is 36.4 Å². The Labute approximate surface area is 140 Å². The lowest BCUT2D eigenvalue weighted by Crippen LogP contribution is -1.91. The number of rotatable bonds is 5. The van der Waals surface area contributed by atoms with Crippen LogP contribution in [0.5, 0.6) is 0 Å². The zero-order valence-corrected chi connectivity index (χ0v) is 13.3. The Morgan fingerprint density at radius 3 is 2.43 bits per heavy atom. The van der Waals surface area contributed by atoms with E-state index in [0.717, 1.165) is 11.6 Å². The smallest absolute Gasteiger partial charge is 0.328 e. The van der Waals surface area contributed by atoms with Crippen molar-refractivity contribution < 1.29 is 14.8 Å². The van der Waals surface area contributed by atoms with Crippen molar-refractivity contribution in [1.82, 2.24) is 0 Å². The Kier molecular flexibility index (Phi) is 5.37. The summed E-state index contributed by atoms with van der Waals surface area (Å²) in [5, 5.41) is 19.4. The summed E-state index contributed by atoms with van der Waals surface area (Å²) in [5.74, 6) is -1.01. The van der Waals surface area contributed by atoms with Crippen molar-refractivity contribution in [2.45, 2.75) is 0 Å². The van der Waals surface area contributed by atoms with Gasteiger partial charge in [0.15, 0.2) is 0 Å². The molecule has 0 heterocycles. The van der Waals surface area contributed by atoms with Crippen molar-refractivity contribution in [1.29, 1.82) is 0 Å². The number of benzene rings is 2. The number of nitro groups is 1. The Morgan fingerprint density at radius 1 is 1.17 bits per heavy atom. The van der Waals surface area contributed by atoms with Gasteiger partial charge in [-0.05, 0) is 51.3 Å². The van der Waals surface area contributed by atoms with Crippen LogP contribution in [0.3, 0.4) is 0 Å². The van der Waals surface area contributed by atoms with Gasteiger partial charge in [-0.15, -0.1) is 0 Å². The van der Waals surface area contributed by atoms with E-state index < -0.39 is 10.9 Å². The summed E-state index contributed by atoms with van der Waals surface area (Å²) < 4.78 is 0.411. The first-order valence-electron chi connectivity index (χ1n) is 6.45. The third-order valence-corrected chi connectivity index (χ3v) is 3.51. The molecule has 0 unspecified atom stereocenters. The standard InChI is InChI=1S/C16H11BrN2O4/c17-14-7-3-12(9-15(14)19(22)23)10-18-13-5-1-11(2-6-13)4-8-16(20)21/h1-10H,(H,20,21). The molecule has 0 radical (unpaired) electrons. The molecule has 6 nitrogen and oxygen atoms in total. The van der Waals surface area contributed by atoms with Crippen LogP contribution in [0, 0.1) is 10.1 Å². The van der Waals surface area contributed by atoms with Gasteiger partial charge in [-0.2, -0.15) is 0 Å². The largest absolute Gasteiger partial charge is 0.478 e. The number of aliphatic carboxylic acids is 1. The zero-order valence-electron chi connectivity index (χ0n) is 11.7. The van der Waals surface area contributed by atoms with Crippen LogP contribution in [0.2, 0.25) is 0 Å². The van der Waals surface area contributed by atoms with E-state index in [0.29, 0.717) is 15.7 Å². The first-order valence-corrected chi connectivity index (χ1v) is 7.24. The zero-order chi connectivity index (χ0) is 16.8. The van der Waals surface area contributed by atoms with E-state index in [1.165, 1.54) is 18.4 Å². The monoisotopic (exact) mass is 374 g/mol. The number of aliphatic imine (C=N–C) groups is 1. The van der Waals surface area contributed by atoms with Crippen LogP contribution >= 0.6 is 15.9 Å². The molecule has 0 atom stereocenters. The lowest BCUT2D eigenvalue weighted by Gasteiger charge is -1.98. The molecular formula is C16H11BrN2O4. The number of hydrogen-bond acceptors (Lipinski definition) is 4. The summed E-state index contributed by atoms with van der Waals surface area (Å²) in [7, 11) is 0. The quantitative estimate of drug-likeness (QED) is 0.367. The number of halogens is 1. The first-order chi connectivity index (χ1) is 11.0. The molecule has 116 valence electrons. The molecule has 2 aromatic rings. The topological polar surface area (TPSA) is 92.8 Å². The fraction of sp³-hybridized carbons (Fsp3) is 0. The number of nitro benzene ring substituents is 1. The summed E-state index contributed by atoms with van der Waals surface area (Å²) in [6.45, 7) is 0. The summed E-state index contributed by atoms with van der Waals surface area (Å²) in [4.78, 5) is 25.1. The molecule has 23 heavy (non-hydrogen) atoms. The van der Waals surface area contributed by atoms with Crippen LogP contribution in [0.1, 0.15) is 11.1 Å². The molecule has 2 rings (SSSR count). The first kappa shape index (κ1) is 16.6. The average molecular weight is 375 g/mol. The van der Waals surface area contributed by atoms with E-state index in [1.807, 2.05) is 0 Å². The van der Waals surface area contributed by atoms with Crippen molar-refractivity contribution in [2.75, 3.05) is 0 Å². The van der Waals surface area contributed by atoms with Gasteiger partial charge in [0.25, 0.3) is 5.69 Å². The summed E-state index contributed by atoms with van der Waals surface area (Å²) >= 11 is 3.13. The maximum absolute atomic E-state index is 10.9. The van der Waals surface area contributed by atoms with E-state index in [2.05, 4.69) is 20.9 Å². The average Bonchev–Trinajstić information content (AvgIpc) is 2.52. The molecule has 2 aromatic carbocycles. The lowest BCUT2D eigenvalue weighted by molar-refractivity contribution is -0.385. The minimum atomic E-state index is -1.01. The summed E-state index contributed by atoms with van der Waals surface area (Å²) in [5.41, 5.74) is 1.98. The van der Waals surface area contributed by atoms with Crippen LogP contribution in [0.4, 0.5) is 11.4 Å². The van der Waals surface area contributed by atoms with Crippen molar-refractivity contribution >= 4 is 45.6 Å². The summed E-state index contributed by atoms with van der Waals surface area (Å²) in [6.07, 6.45) is 4.06. The predicted octanol–water partition coefficient (Wildman–Crippen LogP) is 4.21. The third-order valence-electron chi connectivity index (χ3n) is 2.84. The van der Waals surface area contributed by atoms with Crippen LogP contribution in [-0.2, 0) is 4.79 Å². The van der Waals surface area contributed by atoms with Crippen molar-refractivity contribution in [3.05, 3.63) is 74.3 Å². The molecular weight excluding hydrogens is 364 g/mol. The minimum Gasteiger partial charge on any atom is -0.478 e. The van der Waals surface area contributed by atoms with Gasteiger partial charge in [-0.3, -0.25) is 15.1 Å². The van der Waals surface area contributed by atoms with Crippen LogP contribution in [0.25, 0.3) is 6.08 Å². The number of nitrogens with zero attached hydrogens (tertiary/aromatic N) is 2. The molecule has 0 aliphatic rings. The Balaban J connectivity index is 2.16. The number of carboxylic acid groups (broad SMARTS) is 1. The molecule has 0 amide bonds. The van der Waals surface area contributed by atoms with Gasteiger partial charge >= 0.3 is 5.97 Å². The maximum Gasteiger partial charge on any atom is 0.328 e. The lowest BCUT2D eigenvalue weighted by atomic mass is 10.2. The molecule has 0 saturated heterocycles. The van der Waals surface area contributed by atoms with E-state index in [9.17, 15) is 14.9 Å². The SMILES string of the molecule is O=C(O)C=Cc1ccc(N=Cc2ccc(Br)c([N+](=O)[O-])c2)cc1. The predicted molar refractivity (Wildman–Crippen MR) is 91.2 cm³/mol. The number of carboxylic acids is 1. The van der Waals surface area contributed by atoms with Gasteiger partial charge in [0, 0.05) is 18.4 Å². The highest BCUT2D eigenvalue weighted by atomic mass is 79.9. The molecule has 7 heteroatoms. The van der Waals surface area contributed by atoms with Crippen molar-refractivity contribution in [3.8, 4) is 0 Å². The van der Waals surface area contributed by atoms with Gasteiger partial charge in [-0.1, -0.05) is 18.2 Å². The maximum atomic E-state index is 10.9. The normalized spacial score (nSPS) is 11.2. The summed E-state index contributed by atoms with van der Waals surface area (Å²) in [6, 6.07) is 11.7. The second-order valence-corrected chi connectivity index (χ2v) is 5.34. The molecule has 0 aliphatic carbocycles. The minimum absolute atomic E-state index is 0.0249. The highest BCUT2D eigenvalue weighted by molar-refractivity contribution is 9.10. The third kappa shape index (κ3) is 4.86. The van der Waals surface area contributed by atoms with Crippen LogP contribution in [0.15, 0.2) is 58.0 Å². The molecule has 0 aromatic heterocycles. The number of carbonyl (C=O) groups is 1. The van der Waals surface area contributed by atoms with Crippen LogP contribution < -0.4 is 0 Å². The molecule has 0 bridgehead atoms. The second kappa shape index (κ2) is 7.46. The van der Waals surface area contributed by atoms with Gasteiger partial charge in [0.2, 0.25) is 0 Å². The second-order valence-electron chi connectivity index (χ2n) is 4.49. The van der Waals surface area contributed by atoms with Gasteiger partial charge in [0.1, 0.15) is 0 Å². The van der Waals surface area contributed by atoms with Crippen molar-refractivity contribution in [3.63, 3.8) is 0 Å². The fourth-order valence-corrected chi connectivity index (χ4v) is 2.13. The molecule has 0 aliphatic heterocycles. The van der Waals surface area contributed by atoms with E-state index in [-0.39, 0.29) is 5.69 Å². The van der Waals surface area contributed by atoms with Crippen molar-refractivity contribution in [2.24, 2.45) is 4.99 Å². The van der Waals surface area contributed by atoms with Gasteiger partial charge < -0.3 is 5.11 Å². The van der Waals surface area contributed by atoms with E-state index >= 15 is 0 Å². The highest BCUT2D eigenvalue weighted by Gasteiger charge is 2.11.